The number of Topliss-reactive ketones (excluding diaryl/α,β-unsaturated/α-hetero) is 1. The van der Waals surface area contributed by atoms with Crippen LogP contribution in [0.15, 0.2) is 30.3 Å². The summed E-state index contributed by atoms with van der Waals surface area (Å²) in [6, 6.07) is 11.3. The number of hydrogen-bond donors (Lipinski definition) is 1. The lowest BCUT2D eigenvalue weighted by molar-refractivity contribution is -0.134. The number of rotatable bonds is 2. The molecule has 2 heteroatoms. The normalized spacial score (nSPS) is 38.9. The predicted octanol–water partition coefficient (Wildman–Crippen LogP) is 3.21. The second-order valence-corrected chi connectivity index (χ2v) is 7.25. The maximum atomic E-state index is 12.7. The Morgan fingerprint density at radius 2 is 1.95 bits per heavy atom. The first kappa shape index (κ1) is 13.5. The van der Waals surface area contributed by atoms with Crippen LogP contribution >= 0.6 is 0 Å². The topological polar surface area (TPSA) is 29.1 Å². The van der Waals surface area contributed by atoms with Crippen LogP contribution in [0.4, 0.5) is 0 Å². The minimum Gasteiger partial charge on any atom is -0.314 e. The van der Waals surface area contributed by atoms with Gasteiger partial charge in [-0.3, -0.25) is 4.79 Å². The standard InChI is InChI=1S/C19H25NO/c21-18-12-14-9-10-20-17-8-4-7-15(19(14)17)16(18)11-13-5-2-1-3-6-13/h1-3,5-6,14-17,19-20H,4,7-12H2/t14-,15+,16+,17+,19+/m0/s1. The van der Waals surface area contributed by atoms with Crippen molar-refractivity contribution in [1.82, 2.24) is 5.32 Å². The van der Waals surface area contributed by atoms with E-state index < -0.39 is 0 Å². The van der Waals surface area contributed by atoms with Crippen molar-refractivity contribution in [3.8, 4) is 0 Å². The Morgan fingerprint density at radius 3 is 2.81 bits per heavy atom. The van der Waals surface area contributed by atoms with Gasteiger partial charge in [0.25, 0.3) is 0 Å². The van der Waals surface area contributed by atoms with Gasteiger partial charge in [-0.25, -0.2) is 0 Å². The van der Waals surface area contributed by atoms with Gasteiger partial charge in [-0.2, -0.15) is 0 Å². The first-order valence-electron chi connectivity index (χ1n) is 8.63. The molecule has 1 aromatic rings. The van der Waals surface area contributed by atoms with Crippen molar-refractivity contribution in [3.05, 3.63) is 35.9 Å². The minimum atomic E-state index is 0.274. The molecule has 5 atom stereocenters. The van der Waals surface area contributed by atoms with E-state index in [9.17, 15) is 4.79 Å². The zero-order chi connectivity index (χ0) is 14.2. The lowest BCUT2D eigenvalue weighted by Crippen LogP contribution is -2.56. The molecule has 112 valence electrons. The maximum absolute atomic E-state index is 12.7. The minimum absolute atomic E-state index is 0.274. The second kappa shape index (κ2) is 5.57. The van der Waals surface area contributed by atoms with E-state index in [1.165, 1.54) is 31.2 Å². The van der Waals surface area contributed by atoms with Gasteiger partial charge in [0, 0.05) is 18.4 Å². The van der Waals surface area contributed by atoms with Crippen molar-refractivity contribution >= 4 is 5.78 Å². The van der Waals surface area contributed by atoms with Crippen LogP contribution in [-0.4, -0.2) is 18.4 Å². The largest absolute Gasteiger partial charge is 0.314 e. The second-order valence-electron chi connectivity index (χ2n) is 7.25. The molecule has 3 fully saturated rings. The molecule has 0 spiro atoms. The summed E-state index contributed by atoms with van der Waals surface area (Å²) in [4.78, 5) is 12.7. The molecule has 0 unspecified atom stereocenters. The fourth-order valence-corrected chi connectivity index (χ4v) is 5.31. The Labute approximate surface area is 127 Å². The van der Waals surface area contributed by atoms with Crippen molar-refractivity contribution in [2.24, 2.45) is 23.7 Å². The van der Waals surface area contributed by atoms with Gasteiger partial charge < -0.3 is 5.32 Å². The predicted molar refractivity (Wildman–Crippen MR) is 84.0 cm³/mol. The van der Waals surface area contributed by atoms with Crippen molar-refractivity contribution in [2.75, 3.05) is 6.54 Å². The quantitative estimate of drug-likeness (QED) is 0.903. The average Bonchev–Trinajstić information content (AvgIpc) is 2.52. The van der Waals surface area contributed by atoms with Gasteiger partial charge in [-0.1, -0.05) is 36.8 Å². The molecular weight excluding hydrogens is 258 g/mol. The van der Waals surface area contributed by atoms with Gasteiger partial charge in [-0.15, -0.1) is 0 Å². The first-order chi connectivity index (χ1) is 10.3. The van der Waals surface area contributed by atoms with Gasteiger partial charge in [0.05, 0.1) is 0 Å². The van der Waals surface area contributed by atoms with Gasteiger partial charge in [0.2, 0.25) is 0 Å². The zero-order valence-corrected chi connectivity index (χ0v) is 12.6. The molecule has 21 heavy (non-hydrogen) atoms. The monoisotopic (exact) mass is 283 g/mol. The van der Waals surface area contributed by atoms with Crippen LogP contribution in [0, 0.1) is 23.7 Å². The third kappa shape index (κ3) is 2.44. The highest BCUT2D eigenvalue weighted by atomic mass is 16.1. The van der Waals surface area contributed by atoms with Crippen LogP contribution in [-0.2, 0) is 11.2 Å². The third-order valence-corrected chi connectivity index (χ3v) is 6.17. The highest BCUT2D eigenvalue weighted by molar-refractivity contribution is 5.83. The highest BCUT2D eigenvalue weighted by Crippen LogP contribution is 2.48. The lowest BCUT2D eigenvalue weighted by Gasteiger charge is -2.52. The highest BCUT2D eigenvalue weighted by Gasteiger charge is 2.49. The van der Waals surface area contributed by atoms with Crippen molar-refractivity contribution in [2.45, 2.75) is 44.6 Å². The molecule has 0 bridgehead atoms. The molecule has 1 aliphatic heterocycles. The average molecular weight is 283 g/mol. The Balaban J connectivity index is 1.60. The molecule has 0 radical (unpaired) electrons. The van der Waals surface area contributed by atoms with E-state index in [4.69, 9.17) is 0 Å². The summed E-state index contributed by atoms with van der Waals surface area (Å²) < 4.78 is 0. The van der Waals surface area contributed by atoms with Crippen molar-refractivity contribution in [1.29, 1.82) is 0 Å². The van der Waals surface area contributed by atoms with Gasteiger partial charge in [0.1, 0.15) is 5.78 Å². The molecule has 1 heterocycles. The molecule has 2 nitrogen and oxygen atoms in total. The van der Waals surface area contributed by atoms with Crippen molar-refractivity contribution < 1.29 is 4.79 Å². The smallest absolute Gasteiger partial charge is 0.136 e. The lowest BCUT2D eigenvalue weighted by atomic mass is 9.56. The zero-order valence-electron chi connectivity index (χ0n) is 12.6. The summed E-state index contributed by atoms with van der Waals surface area (Å²) >= 11 is 0. The number of nitrogens with one attached hydrogen (secondary N) is 1. The Morgan fingerprint density at radius 1 is 1.10 bits per heavy atom. The summed E-state index contributed by atoms with van der Waals surface area (Å²) in [6.45, 7) is 1.12. The van der Waals surface area contributed by atoms with E-state index in [0.29, 0.717) is 23.7 Å². The summed E-state index contributed by atoms with van der Waals surface area (Å²) in [7, 11) is 0. The molecule has 1 aromatic carbocycles. The van der Waals surface area contributed by atoms with Gasteiger partial charge in [-0.05, 0) is 55.5 Å². The summed E-state index contributed by atoms with van der Waals surface area (Å²) in [6.07, 6.45) is 6.90. The molecule has 2 aliphatic carbocycles. The third-order valence-electron chi connectivity index (χ3n) is 6.17. The van der Waals surface area contributed by atoms with Crippen LogP contribution < -0.4 is 5.32 Å². The number of carbonyl (C=O) groups is 1. The number of carbonyl (C=O) groups excluding carboxylic acids is 1. The van der Waals surface area contributed by atoms with E-state index >= 15 is 0 Å². The Kier molecular flexibility index (Phi) is 3.58. The fourth-order valence-electron chi connectivity index (χ4n) is 5.31. The molecule has 1 N–H and O–H groups in total. The molecule has 2 saturated carbocycles. The number of ketones is 1. The SMILES string of the molecule is O=C1C[C@@H]2CCN[C@@H]3CCC[C@@H]([C@@H]23)[C@H]1Cc1ccccc1. The number of piperidine rings is 1. The van der Waals surface area contributed by atoms with Crippen LogP contribution in [0.1, 0.15) is 37.7 Å². The van der Waals surface area contributed by atoms with Crippen LogP contribution in [0.25, 0.3) is 0 Å². The van der Waals surface area contributed by atoms with Crippen LogP contribution in [0.3, 0.4) is 0 Å². The molecule has 4 rings (SSSR count). The number of hydrogen-bond acceptors (Lipinski definition) is 2. The maximum Gasteiger partial charge on any atom is 0.136 e. The summed E-state index contributed by atoms with van der Waals surface area (Å²) in [5.74, 6) is 2.88. The van der Waals surface area contributed by atoms with Crippen molar-refractivity contribution in [3.63, 3.8) is 0 Å². The molecular formula is C19H25NO. The molecule has 1 saturated heterocycles. The molecule has 0 aromatic heterocycles. The van der Waals surface area contributed by atoms with E-state index in [2.05, 4.69) is 35.6 Å². The molecule has 0 amide bonds. The number of benzene rings is 1. The van der Waals surface area contributed by atoms with E-state index in [-0.39, 0.29) is 5.92 Å². The van der Waals surface area contributed by atoms with E-state index in [1.807, 2.05) is 0 Å². The Hall–Kier alpha value is -1.15. The first-order valence-corrected chi connectivity index (χ1v) is 8.63. The molecule has 3 aliphatic rings. The Bertz CT molecular complexity index is 510. The van der Waals surface area contributed by atoms with Crippen LogP contribution in [0.5, 0.6) is 0 Å². The van der Waals surface area contributed by atoms with Crippen LogP contribution in [0.2, 0.25) is 0 Å². The van der Waals surface area contributed by atoms with E-state index in [0.717, 1.165) is 25.3 Å². The summed E-state index contributed by atoms with van der Waals surface area (Å²) in [5.41, 5.74) is 1.33. The van der Waals surface area contributed by atoms with Gasteiger partial charge >= 0.3 is 0 Å². The summed E-state index contributed by atoms with van der Waals surface area (Å²) in [5, 5.41) is 3.74. The van der Waals surface area contributed by atoms with Gasteiger partial charge in [0.15, 0.2) is 0 Å². The van der Waals surface area contributed by atoms with E-state index in [1.54, 1.807) is 0 Å². The fraction of sp³-hybridized carbons (Fsp3) is 0.632.